The van der Waals surface area contributed by atoms with Crippen molar-refractivity contribution in [2.45, 2.75) is 44.9 Å². The molecule has 1 atom stereocenters. The van der Waals surface area contributed by atoms with Crippen LogP contribution in [0.5, 0.6) is 0 Å². The highest BCUT2D eigenvalue weighted by Crippen LogP contribution is 2.37. The van der Waals surface area contributed by atoms with Gasteiger partial charge in [-0.3, -0.25) is 9.79 Å². The molecule has 10 heteroatoms. The van der Waals surface area contributed by atoms with Crippen molar-refractivity contribution >= 4 is 32.1 Å². The SMILES string of the molecule is CC(C)(C)[Si](C)(C)OCC(c1ccc(Cl)c(F)c1)n1ccc(-c2ccnc(NC3=CC=NC3)n2)cc1=O. The van der Waals surface area contributed by atoms with Gasteiger partial charge in [0.05, 0.1) is 29.9 Å². The number of allylic oxidation sites excluding steroid dienone is 1. The lowest BCUT2D eigenvalue weighted by molar-refractivity contribution is 0.246. The number of hydrogen-bond donors (Lipinski definition) is 1. The highest BCUT2D eigenvalue weighted by Gasteiger charge is 2.38. The maximum atomic E-state index is 14.4. The fraction of sp³-hybridized carbons (Fsp3) is 0.333. The molecule has 0 amide bonds. The number of rotatable bonds is 8. The van der Waals surface area contributed by atoms with Crippen molar-refractivity contribution < 1.29 is 8.82 Å². The molecule has 1 aromatic carbocycles. The van der Waals surface area contributed by atoms with Crippen molar-refractivity contribution in [2.24, 2.45) is 4.99 Å². The summed E-state index contributed by atoms with van der Waals surface area (Å²) in [7, 11) is -2.13. The Kier molecular flexibility index (Phi) is 7.77. The van der Waals surface area contributed by atoms with Crippen molar-refractivity contribution in [1.82, 2.24) is 14.5 Å². The molecule has 3 aromatic rings. The third kappa shape index (κ3) is 6.23. The largest absolute Gasteiger partial charge is 0.414 e. The van der Waals surface area contributed by atoms with E-state index in [1.165, 1.54) is 18.2 Å². The van der Waals surface area contributed by atoms with Crippen LogP contribution in [0.4, 0.5) is 10.3 Å². The van der Waals surface area contributed by atoms with Crippen LogP contribution in [-0.4, -0.2) is 42.2 Å². The molecule has 0 spiro atoms. The van der Waals surface area contributed by atoms with Crippen molar-refractivity contribution in [3.63, 3.8) is 0 Å². The van der Waals surface area contributed by atoms with Crippen LogP contribution in [0.2, 0.25) is 23.2 Å². The van der Waals surface area contributed by atoms with E-state index < -0.39 is 20.2 Å². The highest BCUT2D eigenvalue weighted by molar-refractivity contribution is 6.74. The molecule has 1 aliphatic heterocycles. The summed E-state index contributed by atoms with van der Waals surface area (Å²) in [4.78, 5) is 26.3. The van der Waals surface area contributed by atoms with E-state index in [2.05, 4.69) is 54.1 Å². The molecule has 194 valence electrons. The molecule has 7 nitrogen and oxygen atoms in total. The zero-order valence-corrected chi connectivity index (χ0v) is 23.4. The van der Waals surface area contributed by atoms with Crippen LogP contribution in [0.1, 0.15) is 32.4 Å². The molecular formula is C27H31ClFN5O2Si. The van der Waals surface area contributed by atoms with Crippen LogP contribution in [-0.2, 0) is 4.43 Å². The van der Waals surface area contributed by atoms with Crippen LogP contribution < -0.4 is 10.9 Å². The molecule has 37 heavy (non-hydrogen) atoms. The standard InChI is InChI=1S/C27H31ClFN5O2Si/c1-27(2,3)37(4,5)36-17-24(19-6-7-21(28)22(29)14-19)34-13-10-18(15-25(34)35)23-9-12-31-26(33-23)32-20-8-11-30-16-20/h6-15,24H,16-17H2,1-5H3,(H,31,32,33). The van der Waals surface area contributed by atoms with Gasteiger partial charge >= 0.3 is 0 Å². The van der Waals surface area contributed by atoms with Crippen LogP contribution in [0.15, 0.2) is 70.4 Å². The van der Waals surface area contributed by atoms with Crippen LogP contribution in [0.3, 0.4) is 0 Å². The van der Waals surface area contributed by atoms with Gasteiger partial charge in [-0.1, -0.05) is 38.4 Å². The molecular weight excluding hydrogens is 509 g/mol. The van der Waals surface area contributed by atoms with E-state index in [1.807, 2.05) is 12.1 Å². The van der Waals surface area contributed by atoms with Crippen molar-refractivity contribution in [3.05, 3.63) is 87.3 Å². The number of aliphatic imine (C=N–C) groups is 1. The fourth-order valence-electron chi connectivity index (χ4n) is 3.62. The van der Waals surface area contributed by atoms with Gasteiger partial charge in [-0.2, -0.15) is 0 Å². The van der Waals surface area contributed by atoms with Gasteiger partial charge < -0.3 is 14.3 Å². The summed E-state index contributed by atoms with van der Waals surface area (Å²) in [5.41, 5.74) is 2.50. The number of anilines is 1. The Morgan fingerprint density at radius 3 is 2.65 bits per heavy atom. The van der Waals surface area contributed by atoms with Crippen molar-refractivity contribution in [1.29, 1.82) is 0 Å². The summed E-state index contributed by atoms with van der Waals surface area (Å²) in [5, 5.41) is 3.16. The fourth-order valence-corrected chi connectivity index (χ4v) is 4.74. The van der Waals surface area contributed by atoms with E-state index >= 15 is 0 Å². The molecule has 0 fully saturated rings. The van der Waals surface area contributed by atoms with Crippen LogP contribution >= 0.6 is 11.6 Å². The summed E-state index contributed by atoms with van der Waals surface area (Å²) in [6.45, 7) is 11.5. The Morgan fingerprint density at radius 1 is 1.22 bits per heavy atom. The molecule has 0 saturated heterocycles. The predicted octanol–water partition coefficient (Wildman–Crippen LogP) is 6.09. The molecule has 0 saturated carbocycles. The van der Waals surface area contributed by atoms with Gasteiger partial charge in [0, 0.05) is 35.9 Å². The molecule has 0 aliphatic carbocycles. The van der Waals surface area contributed by atoms with Crippen LogP contribution in [0, 0.1) is 5.82 Å². The third-order valence-electron chi connectivity index (χ3n) is 6.89. The molecule has 1 aliphatic rings. The Balaban J connectivity index is 1.66. The molecule has 1 N–H and O–H groups in total. The zero-order chi connectivity index (χ0) is 26.8. The summed E-state index contributed by atoms with van der Waals surface area (Å²) < 4.78 is 22.4. The summed E-state index contributed by atoms with van der Waals surface area (Å²) in [6.07, 6.45) is 6.93. The predicted molar refractivity (Wildman–Crippen MR) is 149 cm³/mol. The maximum absolute atomic E-state index is 14.4. The van der Waals surface area contributed by atoms with Crippen molar-refractivity contribution in [3.8, 4) is 11.3 Å². The van der Waals surface area contributed by atoms with E-state index in [4.69, 9.17) is 16.0 Å². The number of halogens is 2. The monoisotopic (exact) mass is 539 g/mol. The molecule has 4 rings (SSSR count). The topological polar surface area (TPSA) is 81.4 Å². The third-order valence-corrected chi connectivity index (χ3v) is 11.7. The Labute approximate surface area is 222 Å². The lowest BCUT2D eigenvalue weighted by atomic mass is 10.1. The molecule has 2 aromatic heterocycles. The van der Waals surface area contributed by atoms with Gasteiger partial charge in [-0.15, -0.1) is 0 Å². The summed E-state index contributed by atoms with van der Waals surface area (Å²) >= 11 is 5.93. The zero-order valence-electron chi connectivity index (χ0n) is 21.6. The quantitative estimate of drug-likeness (QED) is 0.350. The minimum Gasteiger partial charge on any atom is -0.414 e. The van der Waals surface area contributed by atoms with Crippen molar-refractivity contribution in [2.75, 3.05) is 18.5 Å². The number of nitrogens with one attached hydrogen (secondary N) is 1. The van der Waals surface area contributed by atoms with Gasteiger partial charge in [0.2, 0.25) is 5.95 Å². The number of benzene rings is 1. The van der Waals surface area contributed by atoms with Crippen LogP contribution in [0.25, 0.3) is 11.3 Å². The maximum Gasteiger partial charge on any atom is 0.251 e. The Morgan fingerprint density at radius 2 is 2.00 bits per heavy atom. The Hall–Kier alpha value is -3.14. The average Bonchev–Trinajstić information content (AvgIpc) is 3.34. The second-order valence-electron chi connectivity index (χ2n) is 10.5. The minimum atomic E-state index is -2.13. The van der Waals surface area contributed by atoms with Gasteiger partial charge in [-0.05, 0) is 54.0 Å². The van der Waals surface area contributed by atoms with E-state index in [-0.39, 0.29) is 22.2 Å². The molecule has 0 radical (unpaired) electrons. The first-order valence-electron chi connectivity index (χ1n) is 12.1. The second-order valence-corrected chi connectivity index (χ2v) is 15.7. The van der Waals surface area contributed by atoms with Gasteiger partial charge in [0.15, 0.2) is 8.32 Å². The summed E-state index contributed by atoms with van der Waals surface area (Å²) in [6, 6.07) is 9.16. The van der Waals surface area contributed by atoms with E-state index in [0.29, 0.717) is 29.3 Å². The Bertz CT molecular complexity index is 1410. The van der Waals surface area contributed by atoms with E-state index in [9.17, 15) is 9.18 Å². The highest BCUT2D eigenvalue weighted by atomic mass is 35.5. The smallest absolute Gasteiger partial charge is 0.251 e. The first kappa shape index (κ1) is 26.9. The minimum absolute atomic E-state index is 0.0168. The normalized spacial score (nSPS) is 14.5. The van der Waals surface area contributed by atoms with Gasteiger partial charge in [0.1, 0.15) is 5.82 Å². The lowest BCUT2D eigenvalue weighted by Crippen LogP contribution is -2.43. The first-order valence-corrected chi connectivity index (χ1v) is 15.3. The number of pyridine rings is 1. The van der Waals surface area contributed by atoms with E-state index in [1.54, 1.807) is 35.3 Å². The number of aromatic nitrogens is 3. The lowest BCUT2D eigenvalue weighted by Gasteiger charge is -2.37. The molecule has 3 heterocycles. The number of nitrogens with zero attached hydrogens (tertiary/aromatic N) is 4. The average molecular weight is 540 g/mol. The van der Waals surface area contributed by atoms with Gasteiger partial charge in [0.25, 0.3) is 5.56 Å². The van der Waals surface area contributed by atoms with Gasteiger partial charge in [-0.25, -0.2) is 14.4 Å². The first-order chi connectivity index (χ1) is 17.4. The van der Waals surface area contributed by atoms with E-state index in [0.717, 1.165) is 5.70 Å². The number of hydrogen-bond acceptors (Lipinski definition) is 6. The molecule has 0 bridgehead atoms. The second kappa shape index (κ2) is 10.7. The summed E-state index contributed by atoms with van der Waals surface area (Å²) in [5.74, 6) is -0.110. The molecule has 1 unspecified atom stereocenters.